The molecule has 1 amide bonds. The number of benzene rings is 2. The van der Waals surface area contributed by atoms with E-state index in [1.165, 1.54) is 18.4 Å². The molecule has 0 radical (unpaired) electrons. The minimum absolute atomic E-state index is 0.231. The van der Waals surface area contributed by atoms with Crippen LogP contribution in [0.5, 0.6) is 11.5 Å². The molecule has 3 aromatic rings. The van der Waals surface area contributed by atoms with Crippen molar-refractivity contribution in [2.45, 2.75) is 0 Å². The average Bonchev–Trinajstić information content (AvgIpc) is 3.17. The lowest BCUT2D eigenvalue weighted by Crippen LogP contribution is -2.20. The summed E-state index contributed by atoms with van der Waals surface area (Å²) in [5.74, 6) is 0.309. The van der Waals surface area contributed by atoms with Crippen molar-refractivity contribution in [3.05, 3.63) is 57.9 Å². The predicted octanol–water partition coefficient (Wildman–Crippen LogP) is 3.89. The third-order valence-corrected chi connectivity index (χ3v) is 5.02. The molecule has 1 heterocycles. The highest BCUT2D eigenvalue weighted by molar-refractivity contribution is 9.10. The number of nitrogens with two attached hydrogens (primary N) is 1. The third kappa shape index (κ3) is 5.08. The molecule has 0 aliphatic carbocycles. The molecule has 0 fully saturated rings. The predicted molar refractivity (Wildman–Crippen MR) is 114 cm³/mol. The number of hydrogen-bond donors (Lipinski definition) is 2. The number of primary amides is 1. The first-order valence-electron chi connectivity index (χ1n) is 8.15. The van der Waals surface area contributed by atoms with Crippen molar-refractivity contribution in [1.82, 2.24) is 4.98 Å². The summed E-state index contributed by atoms with van der Waals surface area (Å²) >= 11 is 4.92. The van der Waals surface area contributed by atoms with E-state index in [-0.39, 0.29) is 6.61 Å². The van der Waals surface area contributed by atoms with E-state index < -0.39 is 5.91 Å². The Bertz CT molecular complexity index is 992. The molecule has 3 rings (SSSR count). The fourth-order valence-electron chi connectivity index (χ4n) is 2.29. The Morgan fingerprint density at radius 1 is 1.32 bits per heavy atom. The summed E-state index contributed by atoms with van der Waals surface area (Å²) in [5.41, 5.74) is 10.7. The summed E-state index contributed by atoms with van der Waals surface area (Å²) in [6.45, 7) is -0.231. The van der Waals surface area contributed by atoms with Crippen LogP contribution in [0.25, 0.3) is 11.3 Å². The first-order chi connectivity index (χ1) is 13.6. The van der Waals surface area contributed by atoms with Crippen molar-refractivity contribution in [2.24, 2.45) is 10.8 Å². The largest absolute Gasteiger partial charge is 0.493 e. The van der Waals surface area contributed by atoms with Gasteiger partial charge < -0.3 is 15.2 Å². The van der Waals surface area contributed by atoms with E-state index in [0.717, 1.165) is 21.3 Å². The van der Waals surface area contributed by atoms with Crippen LogP contribution in [0.15, 0.2) is 57.4 Å². The molecule has 0 atom stereocenters. The van der Waals surface area contributed by atoms with Crippen LogP contribution >= 0.6 is 27.3 Å². The topological polar surface area (TPSA) is 98.8 Å². The molecule has 7 nitrogen and oxygen atoms in total. The Morgan fingerprint density at radius 2 is 2.11 bits per heavy atom. The molecular weight excluding hydrogens is 444 g/mol. The van der Waals surface area contributed by atoms with E-state index in [0.29, 0.717) is 16.6 Å². The van der Waals surface area contributed by atoms with Crippen molar-refractivity contribution >= 4 is 44.5 Å². The smallest absolute Gasteiger partial charge is 0.255 e. The van der Waals surface area contributed by atoms with E-state index in [2.05, 4.69) is 31.4 Å². The molecule has 2 aromatic carbocycles. The maximum absolute atomic E-state index is 10.9. The first kappa shape index (κ1) is 19.8. The van der Waals surface area contributed by atoms with Crippen molar-refractivity contribution in [2.75, 3.05) is 19.1 Å². The second-order valence-corrected chi connectivity index (χ2v) is 7.27. The van der Waals surface area contributed by atoms with Gasteiger partial charge in [-0.15, -0.1) is 11.3 Å². The van der Waals surface area contributed by atoms with Crippen molar-refractivity contribution in [3.63, 3.8) is 0 Å². The second kappa shape index (κ2) is 9.34. The number of ether oxygens (including phenoxy) is 2. The number of rotatable bonds is 8. The molecule has 3 N–H and O–H groups in total. The molecule has 1 aromatic heterocycles. The van der Waals surface area contributed by atoms with Gasteiger partial charge in [0.05, 0.1) is 19.0 Å². The Balaban J connectivity index is 1.70. The number of carbonyl (C=O) groups is 1. The van der Waals surface area contributed by atoms with Gasteiger partial charge in [-0.25, -0.2) is 4.98 Å². The van der Waals surface area contributed by atoms with E-state index >= 15 is 0 Å². The summed E-state index contributed by atoms with van der Waals surface area (Å²) in [6, 6.07) is 13.4. The van der Waals surface area contributed by atoms with Crippen molar-refractivity contribution in [3.8, 4) is 22.8 Å². The Morgan fingerprint density at radius 3 is 2.82 bits per heavy atom. The number of halogens is 1. The lowest BCUT2D eigenvalue weighted by Gasteiger charge is -2.11. The van der Waals surface area contributed by atoms with Gasteiger partial charge >= 0.3 is 0 Å². The van der Waals surface area contributed by atoms with Crippen molar-refractivity contribution < 1.29 is 14.3 Å². The summed E-state index contributed by atoms with van der Waals surface area (Å²) in [5, 5.41) is 6.88. The molecule has 0 saturated heterocycles. The third-order valence-electron chi connectivity index (χ3n) is 3.59. The number of nitrogens with one attached hydrogen (secondary N) is 1. The fourth-order valence-corrected chi connectivity index (χ4v) is 3.39. The molecule has 0 aliphatic heterocycles. The van der Waals surface area contributed by atoms with E-state index in [1.807, 2.05) is 35.7 Å². The van der Waals surface area contributed by atoms with Gasteiger partial charge in [0.2, 0.25) is 5.13 Å². The molecule has 0 aliphatic rings. The van der Waals surface area contributed by atoms with E-state index in [9.17, 15) is 4.79 Å². The van der Waals surface area contributed by atoms with Crippen LogP contribution in [0.3, 0.4) is 0 Å². The van der Waals surface area contributed by atoms with Gasteiger partial charge in [0, 0.05) is 21.0 Å². The molecule has 0 spiro atoms. The van der Waals surface area contributed by atoms with Gasteiger partial charge in [-0.1, -0.05) is 30.3 Å². The van der Waals surface area contributed by atoms with Crippen molar-refractivity contribution in [1.29, 1.82) is 0 Å². The Labute approximate surface area is 174 Å². The van der Waals surface area contributed by atoms with Gasteiger partial charge in [-0.3, -0.25) is 10.2 Å². The number of anilines is 1. The molecular formula is C19H17BrN4O3S. The average molecular weight is 461 g/mol. The zero-order chi connectivity index (χ0) is 19.9. The van der Waals surface area contributed by atoms with Crippen LogP contribution < -0.4 is 20.6 Å². The van der Waals surface area contributed by atoms with Gasteiger partial charge in [-0.05, 0) is 28.1 Å². The highest BCUT2D eigenvalue weighted by Gasteiger charge is 2.10. The molecule has 9 heteroatoms. The van der Waals surface area contributed by atoms with Gasteiger partial charge in [0.1, 0.15) is 0 Å². The minimum Gasteiger partial charge on any atom is -0.493 e. The monoisotopic (exact) mass is 460 g/mol. The maximum Gasteiger partial charge on any atom is 0.255 e. The normalized spacial score (nSPS) is 10.8. The summed E-state index contributed by atoms with van der Waals surface area (Å²) in [6.07, 6.45) is 1.63. The fraction of sp³-hybridized carbons (Fsp3) is 0.105. The SMILES string of the molecule is COc1cc(C=NNc2nc(-c3ccccc3)cs2)c(Br)cc1OCC(N)=O. The van der Waals surface area contributed by atoms with E-state index in [4.69, 9.17) is 15.2 Å². The van der Waals surface area contributed by atoms with Crippen LogP contribution in [-0.2, 0) is 4.79 Å². The molecule has 28 heavy (non-hydrogen) atoms. The highest BCUT2D eigenvalue weighted by Crippen LogP contribution is 2.33. The molecule has 0 unspecified atom stereocenters. The Hall–Kier alpha value is -2.91. The number of hydrazone groups is 1. The van der Waals surface area contributed by atoms with Gasteiger partial charge in [-0.2, -0.15) is 5.10 Å². The summed E-state index contributed by atoms with van der Waals surface area (Å²) in [7, 11) is 1.51. The molecule has 0 bridgehead atoms. The number of methoxy groups -OCH3 is 1. The number of thiazole rings is 1. The number of aromatic nitrogens is 1. The van der Waals surface area contributed by atoms with E-state index in [1.54, 1.807) is 18.3 Å². The molecule has 144 valence electrons. The second-order valence-electron chi connectivity index (χ2n) is 5.55. The lowest BCUT2D eigenvalue weighted by atomic mass is 10.2. The summed E-state index contributed by atoms with van der Waals surface area (Å²) in [4.78, 5) is 15.4. The number of nitrogens with zero attached hydrogens (tertiary/aromatic N) is 2. The Kier molecular flexibility index (Phi) is 6.62. The van der Waals surface area contributed by atoms with Crippen LogP contribution in [0.1, 0.15) is 5.56 Å². The zero-order valence-electron chi connectivity index (χ0n) is 14.9. The lowest BCUT2D eigenvalue weighted by molar-refractivity contribution is -0.119. The quantitative estimate of drug-likeness (QED) is 0.392. The van der Waals surface area contributed by atoms with Crippen LogP contribution in [0.2, 0.25) is 0 Å². The standard InChI is InChI=1S/C19H17BrN4O3S/c1-26-16-7-13(14(20)8-17(16)27-10-18(21)25)9-22-24-19-23-15(11-28-19)12-5-3-2-4-6-12/h2-9,11H,10H2,1H3,(H2,21,25)(H,23,24). The number of amides is 1. The van der Waals surface area contributed by atoms with Gasteiger partial charge in [0.25, 0.3) is 5.91 Å². The number of carbonyl (C=O) groups excluding carboxylic acids is 1. The number of hydrogen-bond acceptors (Lipinski definition) is 7. The van der Waals surface area contributed by atoms with Crippen LogP contribution in [0, 0.1) is 0 Å². The highest BCUT2D eigenvalue weighted by atomic mass is 79.9. The molecule has 0 saturated carbocycles. The zero-order valence-corrected chi connectivity index (χ0v) is 17.3. The van der Waals surface area contributed by atoms with Crippen LogP contribution in [-0.4, -0.2) is 30.8 Å². The van der Waals surface area contributed by atoms with Gasteiger partial charge in [0.15, 0.2) is 18.1 Å². The first-order valence-corrected chi connectivity index (χ1v) is 9.82. The summed E-state index contributed by atoms with van der Waals surface area (Å²) < 4.78 is 11.4. The minimum atomic E-state index is -0.564. The van der Waals surface area contributed by atoms with Crippen LogP contribution in [0.4, 0.5) is 5.13 Å². The maximum atomic E-state index is 10.9.